The van der Waals surface area contributed by atoms with Crippen LogP contribution in [-0.4, -0.2) is 33.8 Å². The summed E-state index contributed by atoms with van der Waals surface area (Å²) in [5.41, 5.74) is 4.91. The SMILES string of the molecule is COc1ccc2nc(Nc3cc(Cc4ccccc4)nc(Nc4ccc(CCO)cc4)n3)sc2c1. The number of aliphatic hydroxyl groups excluding tert-OH is 1. The Hall–Kier alpha value is -4.01. The topological polar surface area (TPSA) is 92.2 Å². The molecule has 0 saturated heterocycles. The normalized spacial score (nSPS) is 10.9. The number of nitrogens with one attached hydrogen (secondary N) is 2. The van der Waals surface area contributed by atoms with Crippen LogP contribution in [0.15, 0.2) is 78.9 Å². The van der Waals surface area contributed by atoms with E-state index >= 15 is 0 Å². The Balaban J connectivity index is 1.44. The Morgan fingerprint density at radius 3 is 2.46 bits per heavy atom. The van der Waals surface area contributed by atoms with E-state index in [0.717, 1.165) is 38.0 Å². The van der Waals surface area contributed by atoms with Gasteiger partial charge >= 0.3 is 0 Å². The van der Waals surface area contributed by atoms with Crippen LogP contribution in [-0.2, 0) is 12.8 Å². The molecule has 5 aromatic rings. The molecule has 8 heteroatoms. The zero-order valence-corrected chi connectivity index (χ0v) is 20.0. The smallest absolute Gasteiger partial charge is 0.229 e. The van der Waals surface area contributed by atoms with E-state index in [1.54, 1.807) is 18.4 Å². The van der Waals surface area contributed by atoms with E-state index in [2.05, 4.69) is 27.8 Å². The summed E-state index contributed by atoms with van der Waals surface area (Å²) in [7, 11) is 1.66. The first-order valence-electron chi connectivity index (χ1n) is 11.3. The number of benzene rings is 3. The second kappa shape index (κ2) is 10.5. The van der Waals surface area contributed by atoms with Crippen LogP contribution in [0, 0.1) is 0 Å². The third kappa shape index (κ3) is 5.74. The van der Waals surface area contributed by atoms with Crippen LogP contribution in [0.5, 0.6) is 5.75 Å². The van der Waals surface area contributed by atoms with Gasteiger partial charge in [0, 0.05) is 24.8 Å². The summed E-state index contributed by atoms with van der Waals surface area (Å²) in [6.07, 6.45) is 1.31. The fourth-order valence-corrected chi connectivity index (χ4v) is 4.62. The highest BCUT2D eigenvalue weighted by atomic mass is 32.1. The molecule has 0 saturated carbocycles. The zero-order valence-electron chi connectivity index (χ0n) is 19.2. The molecule has 7 nitrogen and oxygen atoms in total. The second-order valence-corrected chi connectivity index (χ2v) is 9.03. The first kappa shape index (κ1) is 22.8. The van der Waals surface area contributed by atoms with Crippen molar-refractivity contribution in [2.45, 2.75) is 12.8 Å². The lowest BCUT2D eigenvalue weighted by atomic mass is 10.1. The van der Waals surface area contributed by atoms with E-state index < -0.39 is 0 Å². The fraction of sp³-hybridized carbons (Fsp3) is 0.148. The highest BCUT2D eigenvalue weighted by molar-refractivity contribution is 7.22. The lowest BCUT2D eigenvalue weighted by Crippen LogP contribution is -2.04. The Morgan fingerprint density at radius 1 is 0.857 bits per heavy atom. The first-order valence-corrected chi connectivity index (χ1v) is 12.1. The van der Waals surface area contributed by atoms with Gasteiger partial charge in [-0.3, -0.25) is 0 Å². The van der Waals surface area contributed by atoms with Gasteiger partial charge in [-0.15, -0.1) is 0 Å². The molecule has 2 heterocycles. The number of ether oxygens (including phenoxy) is 1. The highest BCUT2D eigenvalue weighted by Gasteiger charge is 2.10. The molecule has 0 amide bonds. The van der Waals surface area contributed by atoms with Crippen molar-refractivity contribution in [3.05, 3.63) is 95.7 Å². The Kier molecular flexibility index (Phi) is 6.83. The van der Waals surface area contributed by atoms with Gasteiger partial charge in [-0.25, -0.2) is 9.97 Å². The van der Waals surface area contributed by atoms with Gasteiger partial charge in [0.25, 0.3) is 0 Å². The monoisotopic (exact) mass is 483 g/mol. The maximum Gasteiger partial charge on any atom is 0.229 e. The largest absolute Gasteiger partial charge is 0.497 e. The van der Waals surface area contributed by atoms with Crippen molar-refractivity contribution in [3.63, 3.8) is 0 Å². The van der Waals surface area contributed by atoms with Gasteiger partial charge in [-0.2, -0.15) is 4.98 Å². The summed E-state index contributed by atoms with van der Waals surface area (Å²) in [6.45, 7) is 0.130. The summed E-state index contributed by atoms with van der Waals surface area (Å²) in [5.74, 6) is 1.96. The molecule has 0 aliphatic heterocycles. The quantitative estimate of drug-likeness (QED) is 0.247. The number of aromatic nitrogens is 3. The number of hydrogen-bond acceptors (Lipinski definition) is 8. The molecule has 0 aliphatic carbocycles. The number of rotatable bonds is 9. The summed E-state index contributed by atoms with van der Waals surface area (Å²) in [5, 5.41) is 16.6. The number of aliphatic hydroxyl groups is 1. The number of nitrogens with zero attached hydrogens (tertiary/aromatic N) is 3. The molecule has 2 aromatic heterocycles. The predicted molar refractivity (Wildman–Crippen MR) is 141 cm³/mol. The molecule has 0 spiro atoms. The third-order valence-electron chi connectivity index (χ3n) is 5.45. The molecule has 0 fully saturated rings. The molecule has 0 unspecified atom stereocenters. The number of fused-ring (bicyclic) bond motifs is 1. The standard InChI is InChI=1S/C27H25N5O2S/c1-34-22-11-12-23-24(17-22)35-27(30-23)32-25-16-21(15-19-5-3-2-4-6-19)29-26(31-25)28-20-9-7-18(8-10-20)13-14-33/h2-12,16-17,33H,13-15H2,1H3,(H2,28,29,30,31,32). The van der Waals surface area contributed by atoms with Crippen molar-refractivity contribution in [1.82, 2.24) is 15.0 Å². The van der Waals surface area contributed by atoms with E-state index in [4.69, 9.17) is 19.8 Å². The summed E-state index contributed by atoms with van der Waals surface area (Å²) >= 11 is 1.54. The van der Waals surface area contributed by atoms with Crippen LogP contribution in [0.3, 0.4) is 0 Å². The minimum Gasteiger partial charge on any atom is -0.497 e. The van der Waals surface area contributed by atoms with Gasteiger partial charge < -0.3 is 20.5 Å². The number of thiazole rings is 1. The average Bonchev–Trinajstić information content (AvgIpc) is 3.27. The van der Waals surface area contributed by atoms with E-state index in [9.17, 15) is 0 Å². The molecule has 0 atom stereocenters. The molecule has 5 rings (SSSR count). The van der Waals surface area contributed by atoms with Crippen LogP contribution < -0.4 is 15.4 Å². The van der Waals surface area contributed by atoms with E-state index in [1.165, 1.54) is 5.56 Å². The zero-order chi connectivity index (χ0) is 24.0. The van der Waals surface area contributed by atoms with Crippen molar-refractivity contribution >= 4 is 44.1 Å². The van der Waals surface area contributed by atoms with Crippen LogP contribution in [0.4, 0.5) is 22.6 Å². The molecule has 0 bridgehead atoms. The lowest BCUT2D eigenvalue weighted by Gasteiger charge is -2.11. The predicted octanol–water partition coefficient (Wildman–Crippen LogP) is 5.71. The number of hydrogen-bond donors (Lipinski definition) is 3. The van der Waals surface area contributed by atoms with Gasteiger partial charge in [-0.1, -0.05) is 53.8 Å². The van der Waals surface area contributed by atoms with Gasteiger partial charge in [0.15, 0.2) is 5.13 Å². The summed E-state index contributed by atoms with van der Waals surface area (Å²) in [6, 6.07) is 25.9. The van der Waals surface area contributed by atoms with Crippen LogP contribution in [0.25, 0.3) is 10.2 Å². The second-order valence-electron chi connectivity index (χ2n) is 8.00. The maximum atomic E-state index is 9.15. The molecule has 176 valence electrons. The van der Waals surface area contributed by atoms with Gasteiger partial charge in [0.05, 0.1) is 23.0 Å². The van der Waals surface area contributed by atoms with Crippen molar-refractivity contribution in [3.8, 4) is 5.75 Å². The van der Waals surface area contributed by atoms with E-state index in [1.807, 2.05) is 66.7 Å². The Bertz CT molecular complexity index is 1420. The number of anilines is 4. The molecule has 35 heavy (non-hydrogen) atoms. The summed E-state index contributed by atoms with van der Waals surface area (Å²) < 4.78 is 6.37. The van der Waals surface area contributed by atoms with E-state index in [-0.39, 0.29) is 6.61 Å². The van der Waals surface area contributed by atoms with Crippen LogP contribution >= 0.6 is 11.3 Å². The highest BCUT2D eigenvalue weighted by Crippen LogP contribution is 2.31. The maximum absolute atomic E-state index is 9.15. The van der Waals surface area contributed by atoms with Crippen LogP contribution in [0.2, 0.25) is 0 Å². The minimum atomic E-state index is 0.130. The van der Waals surface area contributed by atoms with Gasteiger partial charge in [0.2, 0.25) is 5.95 Å². The molecule has 3 aromatic carbocycles. The van der Waals surface area contributed by atoms with E-state index in [0.29, 0.717) is 24.6 Å². The third-order valence-corrected chi connectivity index (χ3v) is 6.38. The Labute approximate surface area is 207 Å². The first-order chi connectivity index (χ1) is 17.2. The van der Waals surface area contributed by atoms with Crippen molar-refractivity contribution in [1.29, 1.82) is 0 Å². The van der Waals surface area contributed by atoms with Gasteiger partial charge in [0.1, 0.15) is 11.6 Å². The molecular formula is C27H25N5O2S. The molecule has 0 radical (unpaired) electrons. The molecule has 0 aliphatic rings. The molecule has 3 N–H and O–H groups in total. The fourth-order valence-electron chi connectivity index (χ4n) is 3.72. The van der Waals surface area contributed by atoms with Crippen molar-refractivity contribution < 1.29 is 9.84 Å². The summed E-state index contributed by atoms with van der Waals surface area (Å²) in [4.78, 5) is 14.1. The van der Waals surface area contributed by atoms with Crippen molar-refractivity contribution in [2.24, 2.45) is 0 Å². The lowest BCUT2D eigenvalue weighted by molar-refractivity contribution is 0.299. The molecular weight excluding hydrogens is 458 g/mol. The average molecular weight is 484 g/mol. The van der Waals surface area contributed by atoms with Gasteiger partial charge in [-0.05, 0) is 47.9 Å². The van der Waals surface area contributed by atoms with Crippen molar-refractivity contribution in [2.75, 3.05) is 24.4 Å². The minimum absolute atomic E-state index is 0.130. The Morgan fingerprint density at radius 2 is 1.69 bits per heavy atom. The van der Waals surface area contributed by atoms with Crippen LogP contribution in [0.1, 0.15) is 16.8 Å². The number of methoxy groups -OCH3 is 1.